The molecule has 2 aromatic carbocycles. The molecule has 0 radical (unpaired) electrons. The van der Waals surface area contributed by atoms with Gasteiger partial charge in [0.1, 0.15) is 10.6 Å². The van der Waals surface area contributed by atoms with Crippen molar-refractivity contribution in [2.75, 3.05) is 11.9 Å². The predicted octanol–water partition coefficient (Wildman–Crippen LogP) is 5.31. The molecule has 0 saturated heterocycles. The molecule has 0 aliphatic rings. The van der Waals surface area contributed by atoms with E-state index in [-0.39, 0.29) is 22.7 Å². The monoisotopic (exact) mass is 475 g/mol. The highest BCUT2D eigenvalue weighted by molar-refractivity contribution is 7.15. The van der Waals surface area contributed by atoms with Gasteiger partial charge in [-0.1, -0.05) is 23.7 Å². The molecule has 3 aromatic rings. The minimum atomic E-state index is -0.855. The molecular formula is C20H14ClN3O7S. The Labute approximate surface area is 189 Å². The Morgan fingerprint density at radius 3 is 2.19 bits per heavy atom. The van der Waals surface area contributed by atoms with Crippen LogP contribution in [0.5, 0.6) is 0 Å². The number of benzene rings is 2. The number of ether oxygens (including phenoxy) is 1. The van der Waals surface area contributed by atoms with E-state index in [9.17, 15) is 29.8 Å². The Hall–Kier alpha value is -3.83. The third-order valence-corrected chi connectivity index (χ3v) is 5.39. The predicted molar refractivity (Wildman–Crippen MR) is 118 cm³/mol. The molecule has 1 aromatic heterocycles. The van der Waals surface area contributed by atoms with Crippen molar-refractivity contribution in [1.82, 2.24) is 0 Å². The van der Waals surface area contributed by atoms with Crippen molar-refractivity contribution in [3.8, 4) is 11.1 Å². The molecule has 164 valence electrons. The lowest BCUT2D eigenvalue weighted by Crippen LogP contribution is -2.15. The zero-order valence-corrected chi connectivity index (χ0v) is 17.9. The molecule has 32 heavy (non-hydrogen) atoms. The number of nitro benzene ring substituents is 2. The van der Waals surface area contributed by atoms with Crippen LogP contribution in [0.4, 0.5) is 16.4 Å². The number of anilines is 1. The first-order chi connectivity index (χ1) is 15.2. The van der Waals surface area contributed by atoms with Gasteiger partial charge in [-0.25, -0.2) is 4.79 Å². The van der Waals surface area contributed by atoms with Gasteiger partial charge >= 0.3 is 5.97 Å². The standard InChI is InChI=1S/C20H14ClN3O7S/c1-2-31-20(26)17-16(11-3-5-13(21)6-4-11)10-32-19(17)22-18(25)12-7-14(23(27)28)9-15(8-12)24(29)30/h3-10H,2H2,1H3,(H,22,25). The SMILES string of the molecule is CCOC(=O)c1c(-c2ccc(Cl)cc2)csc1NC(=O)c1cc([N+](=O)[O-])cc([N+](=O)[O-])c1. The number of thiophene rings is 1. The zero-order chi connectivity index (χ0) is 23.4. The molecule has 0 saturated carbocycles. The van der Waals surface area contributed by atoms with Crippen LogP contribution >= 0.6 is 22.9 Å². The van der Waals surface area contributed by atoms with E-state index in [1.807, 2.05) is 0 Å². The maximum Gasteiger partial charge on any atom is 0.341 e. The molecule has 10 nitrogen and oxygen atoms in total. The largest absolute Gasteiger partial charge is 0.462 e. The second kappa shape index (κ2) is 9.54. The number of rotatable bonds is 7. The van der Waals surface area contributed by atoms with Gasteiger partial charge < -0.3 is 10.1 Å². The smallest absolute Gasteiger partial charge is 0.341 e. The molecule has 1 amide bonds. The molecule has 1 heterocycles. The number of nitrogens with one attached hydrogen (secondary N) is 1. The molecule has 12 heteroatoms. The van der Waals surface area contributed by atoms with Crippen molar-refractivity contribution in [3.05, 3.63) is 84.2 Å². The summed E-state index contributed by atoms with van der Waals surface area (Å²) in [6.07, 6.45) is 0. The zero-order valence-electron chi connectivity index (χ0n) is 16.4. The molecule has 3 rings (SSSR count). The maximum atomic E-state index is 12.8. The minimum Gasteiger partial charge on any atom is -0.462 e. The van der Waals surface area contributed by atoms with Crippen LogP contribution in [-0.4, -0.2) is 28.3 Å². The summed E-state index contributed by atoms with van der Waals surface area (Å²) in [6.45, 7) is 1.73. The number of nitro groups is 2. The van der Waals surface area contributed by atoms with Crippen molar-refractivity contribution in [1.29, 1.82) is 0 Å². The van der Waals surface area contributed by atoms with E-state index >= 15 is 0 Å². The summed E-state index contributed by atoms with van der Waals surface area (Å²) in [6, 6.07) is 9.27. The Balaban J connectivity index is 2.02. The van der Waals surface area contributed by atoms with Crippen LogP contribution in [0.1, 0.15) is 27.6 Å². The molecule has 1 N–H and O–H groups in total. The second-order valence-electron chi connectivity index (χ2n) is 6.29. The van der Waals surface area contributed by atoms with Gasteiger partial charge in [0.05, 0.1) is 28.1 Å². The summed E-state index contributed by atoms with van der Waals surface area (Å²) >= 11 is 6.96. The summed E-state index contributed by atoms with van der Waals surface area (Å²) in [4.78, 5) is 45.9. The van der Waals surface area contributed by atoms with E-state index in [4.69, 9.17) is 16.3 Å². The molecular weight excluding hydrogens is 462 g/mol. The van der Waals surface area contributed by atoms with Gasteiger partial charge in [-0.2, -0.15) is 0 Å². The van der Waals surface area contributed by atoms with Crippen LogP contribution in [0.3, 0.4) is 0 Å². The highest BCUT2D eigenvalue weighted by Crippen LogP contribution is 2.37. The lowest BCUT2D eigenvalue weighted by molar-refractivity contribution is -0.394. The third kappa shape index (κ3) is 4.90. The van der Waals surface area contributed by atoms with Crippen LogP contribution in [-0.2, 0) is 4.74 Å². The fraction of sp³-hybridized carbons (Fsp3) is 0.100. The second-order valence-corrected chi connectivity index (χ2v) is 7.60. The van der Waals surface area contributed by atoms with E-state index < -0.39 is 33.1 Å². The molecule has 0 spiro atoms. The molecule has 0 bridgehead atoms. The van der Waals surface area contributed by atoms with Crippen LogP contribution < -0.4 is 5.32 Å². The highest BCUT2D eigenvalue weighted by Gasteiger charge is 2.25. The van der Waals surface area contributed by atoms with Gasteiger partial charge in [-0.15, -0.1) is 11.3 Å². The number of hydrogen-bond acceptors (Lipinski definition) is 8. The van der Waals surface area contributed by atoms with Crippen LogP contribution in [0.2, 0.25) is 5.02 Å². The fourth-order valence-electron chi connectivity index (χ4n) is 2.81. The number of esters is 1. The van der Waals surface area contributed by atoms with Crippen molar-refractivity contribution >= 4 is 51.2 Å². The number of nitrogens with zero attached hydrogens (tertiary/aromatic N) is 2. The van der Waals surface area contributed by atoms with Gasteiger partial charge in [0.25, 0.3) is 17.3 Å². The van der Waals surface area contributed by atoms with Gasteiger partial charge in [0, 0.05) is 28.1 Å². The first-order valence-corrected chi connectivity index (χ1v) is 10.3. The Morgan fingerprint density at radius 2 is 1.66 bits per heavy atom. The van der Waals surface area contributed by atoms with E-state index in [1.165, 1.54) is 0 Å². The van der Waals surface area contributed by atoms with Gasteiger partial charge in [0.15, 0.2) is 0 Å². The summed E-state index contributed by atoms with van der Waals surface area (Å²) < 4.78 is 5.11. The topological polar surface area (TPSA) is 142 Å². The van der Waals surface area contributed by atoms with E-state index in [0.717, 1.165) is 29.5 Å². The maximum absolute atomic E-state index is 12.8. The fourth-order valence-corrected chi connectivity index (χ4v) is 3.89. The van der Waals surface area contributed by atoms with Crippen molar-refractivity contribution in [3.63, 3.8) is 0 Å². The Kier molecular flexibility index (Phi) is 6.81. The lowest BCUT2D eigenvalue weighted by Gasteiger charge is -2.09. The van der Waals surface area contributed by atoms with Crippen molar-refractivity contribution in [2.45, 2.75) is 6.92 Å². The molecule has 0 unspecified atom stereocenters. The average Bonchev–Trinajstić information content (AvgIpc) is 3.17. The number of carbonyl (C=O) groups is 2. The average molecular weight is 476 g/mol. The summed E-state index contributed by atoms with van der Waals surface area (Å²) in [7, 11) is 0. The molecule has 0 aliphatic heterocycles. The van der Waals surface area contributed by atoms with Gasteiger partial charge in [-0.3, -0.25) is 25.0 Å². The quantitative estimate of drug-likeness (QED) is 0.277. The van der Waals surface area contributed by atoms with Crippen LogP contribution in [0, 0.1) is 20.2 Å². The number of carbonyl (C=O) groups excluding carboxylic acids is 2. The van der Waals surface area contributed by atoms with E-state index in [0.29, 0.717) is 16.1 Å². The van der Waals surface area contributed by atoms with Crippen LogP contribution in [0.25, 0.3) is 11.1 Å². The first-order valence-electron chi connectivity index (χ1n) is 9.01. The molecule has 0 fully saturated rings. The molecule has 0 aliphatic carbocycles. The number of hydrogen-bond donors (Lipinski definition) is 1. The van der Waals surface area contributed by atoms with Crippen LogP contribution in [0.15, 0.2) is 47.8 Å². The Bertz CT molecular complexity index is 1190. The highest BCUT2D eigenvalue weighted by atomic mass is 35.5. The third-order valence-electron chi connectivity index (χ3n) is 4.24. The number of amides is 1. The molecule has 0 atom stereocenters. The van der Waals surface area contributed by atoms with Gasteiger partial charge in [0.2, 0.25) is 0 Å². The van der Waals surface area contributed by atoms with Crippen molar-refractivity contribution in [2.24, 2.45) is 0 Å². The van der Waals surface area contributed by atoms with E-state index in [2.05, 4.69) is 5.32 Å². The van der Waals surface area contributed by atoms with Gasteiger partial charge in [-0.05, 0) is 24.6 Å². The summed E-state index contributed by atoms with van der Waals surface area (Å²) in [5, 5.41) is 27.0. The first kappa shape index (κ1) is 22.8. The minimum absolute atomic E-state index is 0.0902. The summed E-state index contributed by atoms with van der Waals surface area (Å²) in [5.41, 5.74) is -0.286. The van der Waals surface area contributed by atoms with E-state index in [1.54, 1.807) is 36.6 Å². The number of non-ortho nitro benzene ring substituents is 2. The Morgan fingerprint density at radius 1 is 1.06 bits per heavy atom. The summed E-state index contributed by atoms with van der Waals surface area (Å²) in [5.74, 6) is -1.54. The normalized spacial score (nSPS) is 10.4. The lowest BCUT2D eigenvalue weighted by atomic mass is 10.0. The number of halogens is 1. The van der Waals surface area contributed by atoms with Crippen molar-refractivity contribution < 1.29 is 24.2 Å².